The van der Waals surface area contributed by atoms with Gasteiger partial charge in [0.2, 0.25) is 0 Å². The molecule has 17 heavy (non-hydrogen) atoms. The highest BCUT2D eigenvalue weighted by molar-refractivity contribution is 7.99. The van der Waals surface area contributed by atoms with Crippen molar-refractivity contribution in [1.29, 1.82) is 0 Å². The van der Waals surface area contributed by atoms with E-state index in [1.807, 2.05) is 6.92 Å². The highest BCUT2D eigenvalue weighted by atomic mass is 32.2. The first-order valence-corrected chi connectivity index (χ1v) is 5.73. The molecule has 2 N–H and O–H groups in total. The van der Waals surface area contributed by atoms with E-state index in [1.165, 1.54) is 12.1 Å². The lowest BCUT2D eigenvalue weighted by atomic mass is 10.3. The third kappa shape index (κ3) is 2.74. The molecule has 1 aromatic heterocycles. The molecule has 2 nitrogen and oxygen atoms in total. The Morgan fingerprint density at radius 2 is 2.00 bits per heavy atom. The first kappa shape index (κ1) is 11.9. The second kappa shape index (κ2) is 4.71. The number of nitrogen functional groups attached to an aromatic ring is 1. The Morgan fingerprint density at radius 1 is 1.24 bits per heavy atom. The van der Waals surface area contributed by atoms with Crippen LogP contribution in [0.3, 0.4) is 0 Å². The Balaban J connectivity index is 2.31. The van der Waals surface area contributed by atoms with Crippen LogP contribution in [-0.4, -0.2) is 4.98 Å². The summed E-state index contributed by atoms with van der Waals surface area (Å²) in [5, 5.41) is 0.515. The van der Waals surface area contributed by atoms with Crippen LogP contribution in [0.5, 0.6) is 0 Å². The Morgan fingerprint density at radius 3 is 2.65 bits per heavy atom. The van der Waals surface area contributed by atoms with Gasteiger partial charge in [-0.2, -0.15) is 0 Å². The van der Waals surface area contributed by atoms with Gasteiger partial charge in [0.15, 0.2) is 0 Å². The molecule has 0 aliphatic heterocycles. The van der Waals surface area contributed by atoms with Crippen molar-refractivity contribution >= 4 is 17.4 Å². The van der Waals surface area contributed by atoms with E-state index in [0.717, 1.165) is 23.4 Å². The molecule has 2 rings (SSSR count). The summed E-state index contributed by atoms with van der Waals surface area (Å²) in [5.74, 6) is -1.21. The summed E-state index contributed by atoms with van der Waals surface area (Å²) in [6.07, 6.45) is 1.65. The Kier molecular flexibility index (Phi) is 3.28. The number of nitrogens with two attached hydrogens (primary N) is 1. The van der Waals surface area contributed by atoms with Gasteiger partial charge in [0, 0.05) is 17.2 Å². The van der Waals surface area contributed by atoms with E-state index in [2.05, 4.69) is 4.98 Å². The van der Waals surface area contributed by atoms with Gasteiger partial charge in [-0.05, 0) is 30.7 Å². The van der Waals surface area contributed by atoms with E-state index in [4.69, 9.17) is 5.73 Å². The molecule has 0 saturated heterocycles. The number of pyridine rings is 1. The van der Waals surface area contributed by atoms with E-state index in [0.29, 0.717) is 15.6 Å². The van der Waals surface area contributed by atoms with Crippen molar-refractivity contribution in [2.75, 3.05) is 5.73 Å². The van der Waals surface area contributed by atoms with Gasteiger partial charge >= 0.3 is 0 Å². The SMILES string of the molecule is Cc1cnc(Sc2ccc(F)cc2F)c(N)c1. The summed E-state index contributed by atoms with van der Waals surface area (Å²) in [6, 6.07) is 5.18. The minimum absolute atomic E-state index is 0.300. The quantitative estimate of drug-likeness (QED) is 0.890. The number of anilines is 1. The van der Waals surface area contributed by atoms with Crippen LogP contribution in [-0.2, 0) is 0 Å². The van der Waals surface area contributed by atoms with Crippen LogP contribution in [0.1, 0.15) is 5.56 Å². The maximum atomic E-state index is 13.4. The number of hydrogen-bond acceptors (Lipinski definition) is 3. The van der Waals surface area contributed by atoms with Gasteiger partial charge in [0.25, 0.3) is 0 Å². The lowest BCUT2D eigenvalue weighted by Gasteiger charge is -2.06. The monoisotopic (exact) mass is 252 g/mol. The summed E-state index contributed by atoms with van der Waals surface area (Å²) in [5.41, 5.74) is 7.19. The van der Waals surface area contributed by atoms with Crippen molar-refractivity contribution in [3.05, 3.63) is 47.7 Å². The second-order valence-corrected chi connectivity index (χ2v) is 4.61. The molecule has 0 amide bonds. The third-order valence-corrected chi connectivity index (χ3v) is 3.20. The number of aromatic nitrogens is 1. The lowest BCUT2D eigenvalue weighted by Crippen LogP contribution is -1.93. The summed E-state index contributed by atoms with van der Waals surface area (Å²) >= 11 is 1.08. The van der Waals surface area contributed by atoms with Gasteiger partial charge in [0.1, 0.15) is 16.7 Å². The number of aryl methyl sites for hydroxylation is 1. The molecule has 0 spiro atoms. The predicted molar refractivity (Wildman–Crippen MR) is 63.9 cm³/mol. The van der Waals surface area contributed by atoms with E-state index in [1.54, 1.807) is 12.3 Å². The van der Waals surface area contributed by atoms with Crippen LogP contribution >= 0.6 is 11.8 Å². The van der Waals surface area contributed by atoms with Crippen LogP contribution in [0.4, 0.5) is 14.5 Å². The molecule has 0 saturated carbocycles. The van der Waals surface area contributed by atoms with Crippen molar-refractivity contribution in [3.63, 3.8) is 0 Å². The van der Waals surface area contributed by atoms with E-state index in [-0.39, 0.29) is 0 Å². The molecular formula is C12H10F2N2S. The molecule has 2 aromatic rings. The minimum Gasteiger partial charge on any atom is -0.397 e. The van der Waals surface area contributed by atoms with Gasteiger partial charge in [-0.3, -0.25) is 0 Å². The molecule has 0 bridgehead atoms. The fourth-order valence-corrected chi connectivity index (χ4v) is 2.11. The molecule has 0 unspecified atom stereocenters. The second-order valence-electron chi connectivity index (χ2n) is 3.58. The van der Waals surface area contributed by atoms with E-state index in [9.17, 15) is 8.78 Å². The zero-order valence-corrected chi connectivity index (χ0v) is 9.89. The normalized spacial score (nSPS) is 10.5. The Hall–Kier alpha value is -1.62. The maximum Gasteiger partial charge on any atom is 0.140 e. The molecule has 0 atom stereocenters. The molecule has 1 heterocycles. The van der Waals surface area contributed by atoms with Crippen molar-refractivity contribution in [2.45, 2.75) is 16.8 Å². The van der Waals surface area contributed by atoms with Crippen LogP contribution in [0.15, 0.2) is 40.4 Å². The highest BCUT2D eigenvalue weighted by Gasteiger charge is 2.09. The van der Waals surface area contributed by atoms with Crippen LogP contribution in [0.2, 0.25) is 0 Å². The minimum atomic E-state index is -0.614. The standard InChI is InChI=1S/C12H10F2N2S/c1-7-4-10(15)12(16-6-7)17-11-3-2-8(13)5-9(11)14/h2-6H,15H2,1H3. The molecule has 0 aliphatic carbocycles. The highest BCUT2D eigenvalue weighted by Crippen LogP contribution is 2.32. The van der Waals surface area contributed by atoms with Gasteiger partial charge < -0.3 is 5.73 Å². The van der Waals surface area contributed by atoms with Crippen molar-refractivity contribution in [2.24, 2.45) is 0 Å². The number of hydrogen-bond donors (Lipinski definition) is 1. The number of benzene rings is 1. The Labute approximate surface area is 102 Å². The molecule has 1 aromatic carbocycles. The number of halogens is 2. The topological polar surface area (TPSA) is 38.9 Å². The van der Waals surface area contributed by atoms with Crippen LogP contribution in [0, 0.1) is 18.6 Å². The van der Waals surface area contributed by atoms with Crippen molar-refractivity contribution < 1.29 is 8.78 Å². The van der Waals surface area contributed by atoms with Gasteiger partial charge in [-0.15, -0.1) is 0 Å². The van der Waals surface area contributed by atoms with Crippen molar-refractivity contribution in [3.8, 4) is 0 Å². The molecule has 0 radical (unpaired) electrons. The molecule has 5 heteroatoms. The summed E-state index contributed by atoms with van der Waals surface area (Å²) in [6.45, 7) is 1.87. The van der Waals surface area contributed by atoms with Crippen molar-refractivity contribution in [1.82, 2.24) is 4.98 Å². The van der Waals surface area contributed by atoms with E-state index < -0.39 is 11.6 Å². The first-order chi connectivity index (χ1) is 8.06. The fourth-order valence-electron chi connectivity index (χ4n) is 1.33. The van der Waals surface area contributed by atoms with Gasteiger partial charge in [-0.25, -0.2) is 13.8 Å². The largest absolute Gasteiger partial charge is 0.397 e. The summed E-state index contributed by atoms with van der Waals surface area (Å²) < 4.78 is 26.1. The third-order valence-electron chi connectivity index (χ3n) is 2.12. The predicted octanol–water partition coefficient (Wildman–Crippen LogP) is 3.40. The molecule has 0 fully saturated rings. The zero-order chi connectivity index (χ0) is 12.4. The smallest absolute Gasteiger partial charge is 0.140 e. The first-order valence-electron chi connectivity index (χ1n) is 4.91. The molecule has 0 aliphatic rings. The molecule has 88 valence electrons. The van der Waals surface area contributed by atoms with Crippen LogP contribution in [0.25, 0.3) is 0 Å². The van der Waals surface area contributed by atoms with Gasteiger partial charge in [-0.1, -0.05) is 11.8 Å². The molecular weight excluding hydrogens is 242 g/mol. The number of nitrogens with zero attached hydrogens (tertiary/aromatic N) is 1. The van der Waals surface area contributed by atoms with Gasteiger partial charge in [0.05, 0.1) is 5.69 Å². The average Bonchev–Trinajstić information content (AvgIpc) is 2.25. The summed E-state index contributed by atoms with van der Waals surface area (Å²) in [7, 11) is 0. The van der Waals surface area contributed by atoms with E-state index >= 15 is 0 Å². The Bertz CT molecular complexity index is 509. The van der Waals surface area contributed by atoms with Crippen LogP contribution < -0.4 is 5.73 Å². The maximum absolute atomic E-state index is 13.4. The number of rotatable bonds is 2. The lowest BCUT2D eigenvalue weighted by molar-refractivity contribution is 0.565. The summed E-state index contributed by atoms with van der Waals surface area (Å²) in [4.78, 5) is 4.41. The zero-order valence-electron chi connectivity index (χ0n) is 9.08. The fraction of sp³-hybridized carbons (Fsp3) is 0.0833. The average molecular weight is 252 g/mol.